The highest BCUT2D eigenvalue weighted by atomic mass is 32.2. The monoisotopic (exact) mass is 208 g/mol. The number of fused-ring (bicyclic) bond motifs is 1. The highest BCUT2D eigenvalue weighted by Crippen LogP contribution is 2.28. The summed E-state index contributed by atoms with van der Waals surface area (Å²) in [6.45, 7) is 0. The number of thiazole rings is 1. The third kappa shape index (κ3) is 1.89. The zero-order valence-corrected chi connectivity index (χ0v) is 8.32. The van der Waals surface area contributed by atoms with E-state index in [2.05, 4.69) is 4.98 Å². The molecule has 0 spiro atoms. The molecule has 0 saturated heterocycles. The smallest absolute Gasteiger partial charge is 0.209 e. The van der Waals surface area contributed by atoms with Crippen molar-refractivity contribution in [1.29, 1.82) is 0 Å². The van der Waals surface area contributed by atoms with Gasteiger partial charge in [0.1, 0.15) is 0 Å². The van der Waals surface area contributed by atoms with Gasteiger partial charge < -0.3 is 0 Å². The van der Waals surface area contributed by atoms with Crippen molar-refractivity contribution in [3.8, 4) is 0 Å². The van der Waals surface area contributed by atoms with Crippen LogP contribution in [0.25, 0.3) is 10.2 Å². The molecule has 0 N–H and O–H groups in total. The van der Waals surface area contributed by atoms with Crippen molar-refractivity contribution in [3.63, 3.8) is 0 Å². The van der Waals surface area contributed by atoms with Gasteiger partial charge in [-0.3, -0.25) is 4.79 Å². The zero-order chi connectivity index (χ0) is 9.10. The van der Waals surface area contributed by atoms with Gasteiger partial charge in [0.25, 0.3) is 0 Å². The summed E-state index contributed by atoms with van der Waals surface area (Å²) in [6.07, 6.45) is 1.84. The summed E-state index contributed by atoms with van der Waals surface area (Å²) in [5.41, 5.74) is 1.00. The van der Waals surface area contributed by atoms with Crippen molar-refractivity contribution >= 4 is 39.6 Å². The molecule has 4 heteroatoms. The van der Waals surface area contributed by atoms with Crippen molar-refractivity contribution in [2.75, 3.05) is 5.75 Å². The van der Waals surface area contributed by atoms with Crippen LogP contribution >= 0.6 is 23.1 Å². The van der Waals surface area contributed by atoms with E-state index < -0.39 is 0 Å². The van der Waals surface area contributed by atoms with Crippen LogP contribution in [0.1, 0.15) is 0 Å². The third-order valence-corrected chi connectivity index (χ3v) is 3.56. The van der Waals surface area contributed by atoms with Gasteiger partial charge in [-0.05, 0) is 12.1 Å². The number of benzene rings is 1. The van der Waals surface area contributed by atoms with Crippen LogP contribution in [0.5, 0.6) is 0 Å². The molecule has 0 atom stereocenters. The van der Waals surface area contributed by atoms with Gasteiger partial charge in [0, 0.05) is 0 Å². The number of para-hydroxylation sites is 1. The number of rotatable bonds is 3. The van der Waals surface area contributed by atoms with Gasteiger partial charge in [0.2, 0.25) is 6.29 Å². The van der Waals surface area contributed by atoms with Gasteiger partial charge in [-0.2, -0.15) is 0 Å². The number of thioether (sulfide) groups is 1. The quantitative estimate of drug-likeness (QED) is 0.726. The fraction of sp³-hybridized carbons (Fsp3) is 0.111. The zero-order valence-electron chi connectivity index (χ0n) is 6.69. The number of aromatic nitrogens is 1. The molecular formula is C9H6NOS2. The molecule has 0 saturated carbocycles. The van der Waals surface area contributed by atoms with Gasteiger partial charge in [-0.1, -0.05) is 23.9 Å². The molecule has 0 aliphatic rings. The molecule has 0 unspecified atom stereocenters. The minimum absolute atomic E-state index is 0.361. The van der Waals surface area contributed by atoms with Crippen molar-refractivity contribution in [1.82, 2.24) is 4.98 Å². The Bertz CT molecular complexity index is 391. The Labute approximate surface area is 84.0 Å². The second-order valence-corrected chi connectivity index (χ2v) is 4.63. The maximum absolute atomic E-state index is 10.0. The van der Waals surface area contributed by atoms with E-state index in [1.807, 2.05) is 30.6 Å². The molecule has 1 aromatic heterocycles. The Hall–Kier alpha value is -0.870. The molecule has 2 nitrogen and oxygen atoms in total. The lowest BCUT2D eigenvalue weighted by Crippen LogP contribution is -1.76. The van der Waals surface area contributed by atoms with Crippen molar-refractivity contribution < 1.29 is 4.79 Å². The van der Waals surface area contributed by atoms with E-state index in [9.17, 15) is 4.79 Å². The average molecular weight is 208 g/mol. The van der Waals surface area contributed by atoms with E-state index in [4.69, 9.17) is 0 Å². The highest BCUT2D eigenvalue weighted by Gasteiger charge is 2.02. The predicted molar refractivity (Wildman–Crippen MR) is 56.0 cm³/mol. The van der Waals surface area contributed by atoms with E-state index in [1.54, 1.807) is 11.3 Å². The van der Waals surface area contributed by atoms with Gasteiger partial charge in [0.05, 0.1) is 16.0 Å². The fourth-order valence-electron chi connectivity index (χ4n) is 1.00. The van der Waals surface area contributed by atoms with E-state index >= 15 is 0 Å². The second-order valence-electron chi connectivity index (χ2n) is 2.38. The fourth-order valence-corrected chi connectivity index (χ4v) is 2.73. The van der Waals surface area contributed by atoms with E-state index in [0.717, 1.165) is 14.6 Å². The molecule has 0 amide bonds. The molecule has 0 aliphatic carbocycles. The highest BCUT2D eigenvalue weighted by molar-refractivity contribution is 8.01. The third-order valence-electron chi connectivity index (χ3n) is 1.53. The average Bonchev–Trinajstić information content (AvgIpc) is 2.57. The summed E-state index contributed by atoms with van der Waals surface area (Å²) in [7, 11) is 0. The molecule has 1 aromatic carbocycles. The van der Waals surface area contributed by atoms with Gasteiger partial charge >= 0.3 is 0 Å². The summed E-state index contributed by atoms with van der Waals surface area (Å²) in [5.74, 6) is 0.361. The summed E-state index contributed by atoms with van der Waals surface area (Å²) in [6, 6.07) is 7.95. The minimum atomic E-state index is 0.361. The molecule has 0 bridgehead atoms. The van der Waals surface area contributed by atoms with Crippen LogP contribution in [0, 0.1) is 0 Å². The number of hydrogen-bond acceptors (Lipinski definition) is 4. The first kappa shape index (κ1) is 8.72. The van der Waals surface area contributed by atoms with Crippen LogP contribution in [0.2, 0.25) is 0 Å². The summed E-state index contributed by atoms with van der Waals surface area (Å²) in [5, 5.41) is 0. The Morgan fingerprint density at radius 1 is 1.46 bits per heavy atom. The first-order valence-corrected chi connectivity index (χ1v) is 5.54. The lowest BCUT2D eigenvalue weighted by atomic mass is 10.3. The van der Waals surface area contributed by atoms with Crippen LogP contribution in [0.15, 0.2) is 28.6 Å². The largest absolute Gasteiger partial charge is 0.290 e. The standard InChI is InChI=1S/C9H6NOS2/c11-5-6-12-9-10-7-3-1-2-4-8(7)13-9/h1-4H,6H2. The van der Waals surface area contributed by atoms with Crippen molar-refractivity contribution in [2.24, 2.45) is 0 Å². The molecule has 0 fully saturated rings. The molecule has 1 radical (unpaired) electrons. The Morgan fingerprint density at radius 2 is 2.31 bits per heavy atom. The van der Waals surface area contributed by atoms with Gasteiger partial charge in [-0.25, -0.2) is 4.98 Å². The Balaban J connectivity index is 2.32. The van der Waals surface area contributed by atoms with Crippen LogP contribution in [0.3, 0.4) is 0 Å². The van der Waals surface area contributed by atoms with E-state index in [-0.39, 0.29) is 0 Å². The van der Waals surface area contributed by atoms with Crippen LogP contribution in [0.4, 0.5) is 0 Å². The SMILES string of the molecule is O=[C]CSc1nc2ccccc2s1. The predicted octanol–water partition coefficient (Wildman–Crippen LogP) is 2.50. The lowest BCUT2D eigenvalue weighted by molar-refractivity contribution is 0.560. The van der Waals surface area contributed by atoms with Crippen LogP contribution in [-0.4, -0.2) is 17.0 Å². The van der Waals surface area contributed by atoms with Crippen molar-refractivity contribution in [2.45, 2.75) is 4.34 Å². The Kier molecular flexibility index (Phi) is 2.61. The number of hydrogen-bond donors (Lipinski definition) is 0. The molecule has 13 heavy (non-hydrogen) atoms. The number of carbonyl (C=O) groups excluding carboxylic acids is 1. The van der Waals surface area contributed by atoms with Gasteiger partial charge in [-0.15, -0.1) is 11.3 Å². The lowest BCUT2D eigenvalue weighted by Gasteiger charge is -1.83. The Morgan fingerprint density at radius 3 is 3.08 bits per heavy atom. The first-order valence-electron chi connectivity index (χ1n) is 3.73. The normalized spacial score (nSPS) is 10.5. The second kappa shape index (κ2) is 3.89. The van der Waals surface area contributed by atoms with E-state index in [0.29, 0.717) is 5.75 Å². The minimum Gasteiger partial charge on any atom is -0.290 e. The molecule has 0 aliphatic heterocycles. The maximum atomic E-state index is 10.0. The molecule has 1 heterocycles. The number of nitrogens with zero attached hydrogens (tertiary/aromatic N) is 1. The topological polar surface area (TPSA) is 30.0 Å². The van der Waals surface area contributed by atoms with Crippen LogP contribution < -0.4 is 0 Å². The summed E-state index contributed by atoms with van der Waals surface area (Å²) in [4.78, 5) is 14.4. The molecule has 65 valence electrons. The molecular weight excluding hydrogens is 202 g/mol. The van der Waals surface area contributed by atoms with Crippen molar-refractivity contribution in [3.05, 3.63) is 24.3 Å². The molecule has 2 rings (SSSR count). The maximum Gasteiger partial charge on any atom is 0.209 e. The summed E-state index contributed by atoms with van der Waals surface area (Å²) >= 11 is 3.04. The summed E-state index contributed by atoms with van der Waals surface area (Å²) < 4.78 is 2.10. The first-order chi connectivity index (χ1) is 6.40. The van der Waals surface area contributed by atoms with Crippen LogP contribution in [-0.2, 0) is 4.79 Å². The van der Waals surface area contributed by atoms with Gasteiger partial charge in [0.15, 0.2) is 4.34 Å². The molecule has 2 aromatic rings. The van der Waals surface area contributed by atoms with E-state index in [1.165, 1.54) is 11.8 Å².